The zero-order chi connectivity index (χ0) is 13.3. The molecule has 1 amide bonds. The lowest BCUT2D eigenvalue weighted by molar-refractivity contribution is -0.118. The Bertz CT molecular complexity index is 450. The fraction of sp³-hybridized carbons (Fsp3) is 0.643. The van der Waals surface area contributed by atoms with Gasteiger partial charge in [-0.25, -0.2) is 0 Å². The minimum atomic E-state index is -0.421. The van der Waals surface area contributed by atoms with E-state index in [0.717, 1.165) is 6.42 Å². The lowest BCUT2D eigenvalue weighted by Gasteiger charge is -2.54. The second kappa shape index (κ2) is 4.89. The number of nitrogens with two attached hydrogens (primary N) is 1. The molecule has 0 bridgehead atoms. The molecular formula is C14H20N4O. The zero-order valence-electron chi connectivity index (χ0n) is 11.0. The van der Waals surface area contributed by atoms with Gasteiger partial charge in [-0.1, -0.05) is 6.42 Å². The van der Waals surface area contributed by atoms with E-state index in [1.54, 1.807) is 12.3 Å². The van der Waals surface area contributed by atoms with Crippen molar-refractivity contribution < 1.29 is 4.79 Å². The van der Waals surface area contributed by atoms with E-state index in [-0.39, 0.29) is 5.91 Å². The third-order valence-corrected chi connectivity index (χ3v) is 4.63. The summed E-state index contributed by atoms with van der Waals surface area (Å²) in [5, 5.41) is 10.2. The summed E-state index contributed by atoms with van der Waals surface area (Å²) in [6.07, 6.45) is 10.6. The highest BCUT2D eigenvalue weighted by Gasteiger charge is 2.48. The highest BCUT2D eigenvalue weighted by Crippen LogP contribution is 2.59. The molecule has 5 heteroatoms. The van der Waals surface area contributed by atoms with Gasteiger partial charge in [0.25, 0.3) is 0 Å². The second-order valence-electron chi connectivity index (χ2n) is 6.09. The fourth-order valence-electron chi connectivity index (χ4n) is 3.48. The van der Waals surface area contributed by atoms with E-state index >= 15 is 0 Å². The zero-order valence-corrected chi connectivity index (χ0v) is 11.0. The Morgan fingerprint density at radius 1 is 1.47 bits per heavy atom. The number of hydrogen-bond donors (Lipinski definition) is 2. The van der Waals surface area contributed by atoms with Crippen LogP contribution in [0.5, 0.6) is 0 Å². The van der Waals surface area contributed by atoms with Gasteiger partial charge in [-0.2, -0.15) is 10.2 Å². The summed E-state index contributed by atoms with van der Waals surface area (Å²) in [7, 11) is 0. The first-order valence-electron chi connectivity index (χ1n) is 7.00. The summed E-state index contributed by atoms with van der Waals surface area (Å²) in [5.74, 6) is 0.513. The summed E-state index contributed by atoms with van der Waals surface area (Å²) in [5.41, 5.74) is 7.28. The van der Waals surface area contributed by atoms with Gasteiger partial charge in [-0.3, -0.25) is 4.79 Å². The van der Waals surface area contributed by atoms with E-state index in [4.69, 9.17) is 5.73 Å². The quantitative estimate of drug-likeness (QED) is 0.863. The van der Waals surface area contributed by atoms with Gasteiger partial charge in [0.05, 0.1) is 24.1 Å². The number of anilines is 1. The highest BCUT2D eigenvalue weighted by molar-refractivity contribution is 5.94. The fourth-order valence-corrected chi connectivity index (χ4v) is 3.48. The average Bonchev–Trinajstić information content (AvgIpc) is 2.31. The number of nitrogens with one attached hydrogen (secondary N) is 1. The van der Waals surface area contributed by atoms with Crippen molar-refractivity contribution >= 4 is 11.6 Å². The van der Waals surface area contributed by atoms with Crippen LogP contribution >= 0.6 is 0 Å². The van der Waals surface area contributed by atoms with Crippen LogP contribution in [0, 0.1) is 11.3 Å². The molecule has 3 rings (SSSR count). The maximum Gasteiger partial charge on any atom is 0.241 e. The molecule has 1 aromatic heterocycles. The third kappa shape index (κ3) is 2.61. The standard InChI is InChI=1S/C14H20N4O/c15-12(6-10-7-14(8-10)3-1-4-14)13(19)18-11-2-5-16-17-9-11/h2,5,9-10,12H,1,3-4,6-8,15H2,(H,16,18,19)/t12-/m0/s1. The normalized spacial score (nSPS) is 22.4. The summed E-state index contributed by atoms with van der Waals surface area (Å²) in [6.45, 7) is 0. The molecule has 0 radical (unpaired) electrons. The summed E-state index contributed by atoms with van der Waals surface area (Å²) in [4.78, 5) is 11.9. The molecule has 2 fully saturated rings. The molecule has 1 heterocycles. The number of nitrogens with zero attached hydrogens (tertiary/aromatic N) is 2. The van der Waals surface area contributed by atoms with Gasteiger partial charge in [0, 0.05) is 0 Å². The van der Waals surface area contributed by atoms with Crippen molar-refractivity contribution in [1.82, 2.24) is 10.2 Å². The monoisotopic (exact) mass is 260 g/mol. The molecular weight excluding hydrogens is 240 g/mol. The Hall–Kier alpha value is -1.49. The first kappa shape index (κ1) is 12.5. The summed E-state index contributed by atoms with van der Waals surface area (Å²) >= 11 is 0. The molecule has 102 valence electrons. The Balaban J connectivity index is 1.45. The third-order valence-electron chi connectivity index (χ3n) is 4.63. The molecule has 2 saturated carbocycles. The van der Waals surface area contributed by atoms with Crippen molar-refractivity contribution in [2.75, 3.05) is 5.32 Å². The number of aromatic nitrogens is 2. The molecule has 5 nitrogen and oxygen atoms in total. The highest BCUT2D eigenvalue weighted by atomic mass is 16.2. The van der Waals surface area contributed by atoms with E-state index in [2.05, 4.69) is 15.5 Å². The lowest BCUT2D eigenvalue weighted by atomic mass is 9.51. The van der Waals surface area contributed by atoms with Crippen LogP contribution in [0.25, 0.3) is 0 Å². The first-order chi connectivity index (χ1) is 9.17. The predicted molar refractivity (Wildman–Crippen MR) is 72.3 cm³/mol. The lowest BCUT2D eigenvalue weighted by Crippen LogP contribution is -2.46. The van der Waals surface area contributed by atoms with E-state index < -0.39 is 6.04 Å². The SMILES string of the molecule is N[C@@H](CC1CC2(CCC2)C1)C(=O)Nc1ccnnc1. The Labute approximate surface area is 113 Å². The van der Waals surface area contributed by atoms with Crippen molar-refractivity contribution in [3.8, 4) is 0 Å². The maximum atomic E-state index is 11.9. The number of amides is 1. The molecule has 19 heavy (non-hydrogen) atoms. The molecule has 1 atom stereocenters. The van der Waals surface area contributed by atoms with Crippen LogP contribution < -0.4 is 11.1 Å². The minimum absolute atomic E-state index is 0.123. The van der Waals surface area contributed by atoms with Gasteiger partial charge >= 0.3 is 0 Å². The van der Waals surface area contributed by atoms with Crippen molar-refractivity contribution in [3.05, 3.63) is 18.5 Å². The topological polar surface area (TPSA) is 80.9 Å². The van der Waals surface area contributed by atoms with Crippen LogP contribution in [0.1, 0.15) is 38.5 Å². The Morgan fingerprint density at radius 3 is 2.84 bits per heavy atom. The van der Waals surface area contributed by atoms with Crippen LogP contribution in [0.3, 0.4) is 0 Å². The van der Waals surface area contributed by atoms with E-state index in [9.17, 15) is 4.79 Å². The van der Waals surface area contributed by atoms with Crippen molar-refractivity contribution in [3.63, 3.8) is 0 Å². The first-order valence-corrected chi connectivity index (χ1v) is 7.00. The van der Waals surface area contributed by atoms with E-state index in [1.165, 1.54) is 38.3 Å². The van der Waals surface area contributed by atoms with Gasteiger partial charge in [-0.05, 0) is 49.5 Å². The molecule has 0 unspecified atom stereocenters. The van der Waals surface area contributed by atoms with Gasteiger partial charge in [0.15, 0.2) is 0 Å². The molecule has 2 aliphatic carbocycles. The Morgan fingerprint density at radius 2 is 2.26 bits per heavy atom. The molecule has 3 N–H and O–H groups in total. The molecule has 1 spiro atoms. The van der Waals surface area contributed by atoms with Gasteiger partial charge in [0.1, 0.15) is 0 Å². The van der Waals surface area contributed by atoms with Gasteiger partial charge in [0.2, 0.25) is 5.91 Å². The number of carbonyl (C=O) groups excluding carboxylic acids is 1. The molecule has 2 aliphatic rings. The van der Waals surface area contributed by atoms with Crippen LogP contribution in [0.15, 0.2) is 18.5 Å². The van der Waals surface area contributed by atoms with Crippen molar-refractivity contribution in [2.45, 2.75) is 44.6 Å². The number of carbonyl (C=O) groups is 1. The van der Waals surface area contributed by atoms with Crippen LogP contribution in [-0.2, 0) is 4.79 Å². The minimum Gasteiger partial charge on any atom is -0.323 e. The molecule has 0 aliphatic heterocycles. The van der Waals surface area contributed by atoms with Crippen LogP contribution in [0.2, 0.25) is 0 Å². The number of rotatable bonds is 4. The van der Waals surface area contributed by atoms with Crippen molar-refractivity contribution in [2.24, 2.45) is 17.1 Å². The summed E-state index contributed by atoms with van der Waals surface area (Å²) in [6, 6.07) is 1.29. The smallest absolute Gasteiger partial charge is 0.241 e. The average molecular weight is 260 g/mol. The second-order valence-corrected chi connectivity index (χ2v) is 6.09. The Kier molecular flexibility index (Phi) is 3.22. The van der Waals surface area contributed by atoms with Crippen LogP contribution in [0.4, 0.5) is 5.69 Å². The van der Waals surface area contributed by atoms with Crippen LogP contribution in [-0.4, -0.2) is 22.1 Å². The van der Waals surface area contributed by atoms with E-state index in [0.29, 0.717) is 17.0 Å². The molecule has 0 aromatic carbocycles. The predicted octanol–water partition coefficient (Wildman–Crippen LogP) is 1.71. The van der Waals surface area contributed by atoms with Gasteiger partial charge < -0.3 is 11.1 Å². The largest absolute Gasteiger partial charge is 0.323 e. The molecule has 0 saturated heterocycles. The van der Waals surface area contributed by atoms with Gasteiger partial charge in [-0.15, -0.1) is 0 Å². The van der Waals surface area contributed by atoms with E-state index in [1.807, 2.05) is 0 Å². The van der Waals surface area contributed by atoms with Crippen molar-refractivity contribution in [1.29, 1.82) is 0 Å². The number of hydrogen-bond acceptors (Lipinski definition) is 4. The molecule has 1 aromatic rings. The summed E-state index contributed by atoms with van der Waals surface area (Å²) < 4.78 is 0. The maximum absolute atomic E-state index is 11.9.